The van der Waals surface area contributed by atoms with E-state index in [2.05, 4.69) is 21.2 Å². The Kier molecular flexibility index (Phi) is 10.1. The summed E-state index contributed by atoms with van der Waals surface area (Å²) in [4.78, 5) is 17.0. The standard InChI is InChI=1S/C17H16BrF3N2O4.C2H6/c1-8-2-3-13(12(19)4-8)22-16-10(5-11(18)14(20)15(16)21)17(26)23-27-7-9(25)6-24;1-2/h2-5,9,22,24-25H,6-7H2,1H3,(H,23,26);1-2H3. The van der Waals surface area contributed by atoms with Crippen molar-refractivity contribution < 1.29 is 33.0 Å². The van der Waals surface area contributed by atoms with Gasteiger partial charge in [-0.2, -0.15) is 0 Å². The van der Waals surface area contributed by atoms with Crippen LogP contribution >= 0.6 is 15.9 Å². The molecule has 0 fully saturated rings. The van der Waals surface area contributed by atoms with Crippen molar-refractivity contribution in [3.63, 3.8) is 0 Å². The minimum atomic E-state index is -1.40. The second-order valence-electron chi connectivity index (χ2n) is 5.60. The first-order valence-electron chi connectivity index (χ1n) is 8.66. The Hall–Kier alpha value is -2.14. The van der Waals surface area contributed by atoms with Gasteiger partial charge >= 0.3 is 0 Å². The van der Waals surface area contributed by atoms with Crippen LogP contribution in [0.3, 0.4) is 0 Å². The Morgan fingerprint density at radius 1 is 1.21 bits per heavy atom. The minimum Gasteiger partial charge on any atom is -0.394 e. The number of rotatable bonds is 7. The Morgan fingerprint density at radius 3 is 2.45 bits per heavy atom. The van der Waals surface area contributed by atoms with Crippen LogP contribution in [0.2, 0.25) is 0 Å². The zero-order valence-electron chi connectivity index (χ0n) is 16.0. The van der Waals surface area contributed by atoms with E-state index in [-0.39, 0.29) is 15.7 Å². The van der Waals surface area contributed by atoms with Gasteiger partial charge in [-0.15, -0.1) is 0 Å². The van der Waals surface area contributed by atoms with Gasteiger partial charge in [-0.25, -0.2) is 18.7 Å². The lowest BCUT2D eigenvalue weighted by Crippen LogP contribution is -2.30. The molecule has 0 saturated carbocycles. The molecule has 0 aliphatic rings. The van der Waals surface area contributed by atoms with Crippen molar-refractivity contribution in [2.24, 2.45) is 0 Å². The Bertz CT molecular complexity index is 853. The summed E-state index contributed by atoms with van der Waals surface area (Å²) in [5, 5.41) is 20.2. The number of carbonyl (C=O) groups excluding carboxylic acids is 1. The fourth-order valence-corrected chi connectivity index (χ4v) is 2.47. The largest absolute Gasteiger partial charge is 0.394 e. The van der Waals surface area contributed by atoms with Gasteiger partial charge in [0.05, 0.1) is 28.0 Å². The third-order valence-electron chi connectivity index (χ3n) is 3.44. The van der Waals surface area contributed by atoms with Crippen molar-refractivity contribution in [2.75, 3.05) is 18.5 Å². The van der Waals surface area contributed by atoms with Crippen molar-refractivity contribution >= 4 is 33.2 Å². The monoisotopic (exact) mass is 478 g/mol. The highest BCUT2D eigenvalue weighted by Crippen LogP contribution is 2.32. The lowest BCUT2D eigenvalue weighted by atomic mass is 10.1. The van der Waals surface area contributed by atoms with Crippen LogP contribution < -0.4 is 10.8 Å². The number of aliphatic hydroxyl groups excluding tert-OH is 2. The number of benzene rings is 2. The third kappa shape index (κ3) is 6.70. The van der Waals surface area contributed by atoms with Crippen molar-refractivity contribution in [2.45, 2.75) is 26.9 Å². The van der Waals surface area contributed by atoms with Gasteiger partial charge in [-0.3, -0.25) is 9.63 Å². The number of aliphatic hydroxyl groups is 2. The molecule has 0 bridgehead atoms. The molecule has 1 amide bonds. The first-order valence-corrected chi connectivity index (χ1v) is 9.45. The number of aryl methyl sites for hydroxylation is 1. The molecule has 0 radical (unpaired) electrons. The number of hydrogen-bond acceptors (Lipinski definition) is 5. The van der Waals surface area contributed by atoms with E-state index < -0.39 is 48.4 Å². The first-order chi connectivity index (χ1) is 13.7. The third-order valence-corrected chi connectivity index (χ3v) is 4.02. The fourth-order valence-electron chi connectivity index (χ4n) is 2.06. The highest BCUT2D eigenvalue weighted by Gasteiger charge is 2.23. The molecule has 29 heavy (non-hydrogen) atoms. The predicted molar refractivity (Wildman–Crippen MR) is 106 cm³/mol. The van der Waals surface area contributed by atoms with Crippen molar-refractivity contribution in [1.29, 1.82) is 0 Å². The van der Waals surface area contributed by atoms with E-state index in [1.54, 1.807) is 13.0 Å². The molecule has 1 atom stereocenters. The van der Waals surface area contributed by atoms with Crippen molar-refractivity contribution in [1.82, 2.24) is 5.48 Å². The topological polar surface area (TPSA) is 90.8 Å². The molecule has 0 aliphatic heterocycles. The molecular formula is C19H22BrF3N2O4. The van der Waals surface area contributed by atoms with Crippen LogP contribution in [-0.4, -0.2) is 35.4 Å². The van der Waals surface area contributed by atoms with Gasteiger partial charge in [0.2, 0.25) is 0 Å². The molecule has 0 aromatic heterocycles. The number of hydroxylamine groups is 1. The van der Waals surface area contributed by atoms with E-state index in [4.69, 9.17) is 9.94 Å². The second-order valence-corrected chi connectivity index (χ2v) is 6.45. The summed E-state index contributed by atoms with van der Waals surface area (Å²) in [6.07, 6.45) is -1.23. The summed E-state index contributed by atoms with van der Waals surface area (Å²) in [5.74, 6) is -4.36. The van der Waals surface area contributed by atoms with Gasteiger partial charge < -0.3 is 15.5 Å². The van der Waals surface area contributed by atoms with Crippen LogP contribution in [0.15, 0.2) is 28.7 Å². The first kappa shape index (κ1) is 24.9. The van der Waals surface area contributed by atoms with Crippen molar-refractivity contribution in [3.8, 4) is 0 Å². The minimum absolute atomic E-state index is 0.160. The maximum Gasteiger partial charge on any atom is 0.277 e. The molecule has 4 N–H and O–H groups in total. The molecule has 10 heteroatoms. The van der Waals surface area contributed by atoms with E-state index in [1.165, 1.54) is 12.1 Å². The van der Waals surface area contributed by atoms with E-state index in [1.807, 2.05) is 19.3 Å². The number of nitrogens with one attached hydrogen (secondary N) is 2. The quantitative estimate of drug-likeness (QED) is 0.357. The molecule has 0 aliphatic carbocycles. The number of amides is 1. The van der Waals surface area contributed by atoms with Gasteiger partial charge in [0.15, 0.2) is 11.6 Å². The van der Waals surface area contributed by atoms with E-state index in [9.17, 15) is 23.1 Å². The van der Waals surface area contributed by atoms with Gasteiger partial charge in [0.25, 0.3) is 5.91 Å². The summed E-state index contributed by atoms with van der Waals surface area (Å²) in [6, 6.07) is 5.06. The molecule has 0 spiro atoms. The number of hydrogen-bond donors (Lipinski definition) is 4. The van der Waals surface area contributed by atoms with Gasteiger partial charge in [-0.1, -0.05) is 19.9 Å². The molecule has 0 saturated heterocycles. The zero-order valence-corrected chi connectivity index (χ0v) is 17.6. The molecule has 1 unspecified atom stereocenters. The van der Waals surface area contributed by atoms with Crippen LogP contribution in [0, 0.1) is 24.4 Å². The molecule has 0 heterocycles. The van der Waals surface area contributed by atoms with E-state index in [0.717, 1.165) is 6.07 Å². The van der Waals surface area contributed by atoms with E-state index >= 15 is 0 Å². The fraction of sp³-hybridized carbons (Fsp3) is 0.316. The molecule has 2 aromatic rings. The summed E-state index contributed by atoms with van der Waals surface area (Å²) in [7, 11) is 0. The van der Waals surface area contributed by atoms with Gasteiger partial charge in [0.1, 0.15) is 18.5 Å². The summed E-state index contributed by atoms with van der Waals surface area (Å²) in [5.41, 5.74) is 1.42. The number of anilines is 2. The maximum atomic E-state index is 14.4. The van der Waals surface area contributed by atoms with Crippen LogP contribution in [0.5, 0.6) is 0 Å². The maximum absolute atomic E-state index is 14.4. The average molecular weight is 479 g/mol. The van der Waals surface area contributed by atoms with Gasteiger partial charge in [-0.05, 0) is 46.6 Å². The van der Waals surface area contributed by atoms with E-state index in [0.29, 0.717) is 5.56 Å². The van der Waals surface area contributed by atoms with Crippen LogP contribution in [-0.2, 0) is 4.84 Å². The number of carbonyl (C=O) groups is 1. The predicted octanol–water partition coefficient (Wildman–Crippen LogP) is 3.96. The zero-order chi connectivity index (χ0) is 22.1. The van der Waals surface area contributed by atoms with Gasteiger partial charge in [0, 0.05) is 0 Å². The molecule has 2 rings (SSSR count). The summed E-state index contributed by atoms with van der Waals surface area (Å²) >= 11 is 2.80. The summed E-state index contributed by atoms with van der Waals surface area (Å²) in [6.45, 7) is 4.64. The second kappa shape index (κ2) is 11.8. The molecular weight excluding hydrogens is 457 g/mol. The summed E-state index contributed by atoms with van der Waals surface area (Å²) < 4.78 is 42.1. The normalized spacial score (nSPS) is 11.3. The van der Waals surface area contributed by atoms with Crippen LogP contribution in [0.4, 0.5) is 24.5 Å². The SMILES string of the molecule is CC.Cc1ccc(Nc2c(C(=O)NOCC(O)CO)cc(Br)c(F)c2F)c(F)c1. The molecule has 6 nitrogen and oxygen atoms in total. The lowest BCUT2D eigenvalue weighted by Gasteiger charge is -2.16. The highest BCUT2D eigenvalue weighted by atomic mass is 79.9. The smallest absolute Gasteiger partial charge is 0.277 e. The molecule has 2 aromatic carbocycles. The lowest BCUT2D eigenvalue weighted by molar-refractivity contribution is -0.0295. The Labute approximate surface area is 174 Å². The van der Waals surface area contributed by atoms with Crippen LogP contribution in [0.25, 0.3) is 0 Å². The highest BCUT2D eigenvalue weighted by molar-refractivity contribution is 9.10. The average Bonchev–Trinajstić information content (AvgIpc) is 2.71. The van der Waals surface area contributed by atoms with Crippen molar-refractivity contribution in [3.05, 3.63) is 57.3 Å². The van der Waals surface area contributed by atoms with Crippen LogP contribution in [0.1, 0.15) is 29.8 Å². The number of halogens is 4. The molecule has 160 valence electrons. The Morgan fingerprint density at radius 2 is 1.86 bits per heavy atom. The Balaban J connectivity index is 0.00000204.